The molecule has 0 aromatic heterocycles. The van der Waals surface area contributed by atoms with Gasteiger partial charge in [0.15, 0.2) is 0 Å². The Labute approximate surface area is 73.2 Å². The second-order valence-corrected chi connectivity index (χ2v) is 3.38. The zero-order valence-electron chi connectivity index (χ0n) is 7.32. The van der Waals surface area contributed by atoms with E-state index in [1.807, 2.05) is 0 Å². The average molecular weight is 163 g/mol. The van der Waals surface area contributed by atoms with E-state index >= 15 is 0 Å². The Balaban J connectivity index is 2.45. The summed E-state index contributed by atoms with van der Waals surface area (Å²) in [6.07, 6.45) is 1.98. The van der Waals surface area contributed by atoms with E-state index < -0.39 is 5.92 Å². The first kappa shape index (κ1) is 9.03. The highest BCUT2D eigenvalue weighted by molar-refractivity contribution is 5.03. The molecule has 0 bridgehead atoms. The molecule has 1 heterocycles. The van der Waals surface area contributed by atoms with Crippen LogP contribution in [0.25, 0.3) is 0 Å². The molecule has 3 nitrogen and oxygen atoms in total. The molecule has 0 amide bonds. The highest BCUT2D eigenvalue weighted by Gasteiger charge is 2.24. The number of hydrogen-bond donors (Lipinski definition) is 0. The lowest BCUT2D eigenvalue weighted by Gasteiger charge is -2.29. The van der Waals surface area contributed by atoms with Crippen molar-refractivity contribution in [2.75, 3.05) is 20.1 Å². The fourth-order valence-electron chi connectivity index (χ4n) is 1.60. The van der Waals surface area contributed by atoms with Crippen molar-refractivity contribution in [2.24, 2.45) is 11.8 Å². The van der Waals surface area contributed by atoms with Crippen LogP contribution in [-0.4, -0.2) is 25.0 Å². The minimum absolute atomic E-state index is 0.302. The smallest absolute Gasteiger partial charge is 0.136 e. The molecule has 0 saturated carbocycles. The topological polar surface area (TPSA) is 50.8 Å². The number of nitriles is 2. The van der Waals surface area contributed by atoms with Gasteiger partial charge in [-0.1, -0.05) is 0 Å². The van der Waals surface area contributed by atoms with Gasteiger partial charge in [0.2, 0.25) is 0 Å². The van der Waals surface area contributed by atoms with Crippen LogP contribution in [0.2, 0.25) is 0 Å². The molecule has 1 aliphatic heterocycles. The Hall–Kier alpha value is -1.06. The van der Waals surface area contributed by atoms with Gasteiger partial charge in [0, 0.05) is 0 Å². The lowest BCUT2D eigenvalue weighted by atomic mass is 9.86. The van der Waals surface area contributed by atoms with E-state index in [1.165, 1.54) is 0 Å². The van der Waals surface area contributed by atoms with Gasteiger partial charge in [-0.2, -0.15) is 10.5 Å². The minimum atomic E-state index is -0.390. The fraction of sp³-hybridized carbons (Fsp3) is 0.778. The number of piperidine rings is 1. The average Bonchev–Trinajstić information content (AvgIpc) is 2.10. The van der Waals surface area contributed by atoms with Crippen molar-refractivity contribution in [1.82, 2.24) is 4.90 Å². The Morgan fingerprint density at radius 3 is 2.17 bits per heavy atom. The Kier molecular flexibility index (Phi) is 3.08. The predicted molar refractivity (Wildman–Crippen MR) is 44.9 cm³/mol. The van der Waals surface area contributed by atoms with Crippen LogP contribution in [0.1, 0.15) is 12.8 Å². The fourth-order valence-corrected chi connectivity index (χ4v) is 1.60. The quantitative estimate of drug-likeness (QED) is 0.579. The first-order chi connectivity index (χ1) is 5.77. The highest BCUT2D eigenvalue weighted by atomic mass is 15.1. The molecule has 3 heteroatoms. The van der Waals surface area contributed by atoms with Crippen molar-refractivity contribution in [3.05, 3.63) is 0 Å². The maximum atomic E-state index is 8.66. The monoisotopic (exact) mass is 163 g/mol. The van der Waals surface area contributed by atoms with Gasteiger partial charge in [0.1, 0.15) is 5.92 Å². The third-order valence-corrected chi connectivity index (χ3v) is 2.51. The van der Waals surface area contributed by atoms with E-state index in [0.29, 0.717) is 5.92 Å². The molecular formula is C9H13N3. The summed E-state index contributed by atoms with van der Waals surface area (Å²) < 4.78 is 0. The van der Waals surface area contributed by atoms with Gasteiger partial charge in [0.05, 0.1) is 12.1 Å². The Morgan fingerprint density at radius 2 is 1.75 bits per heavy atom. The molecular weight excluding hydrogens is 150 g/mol. The summed E-state index contributed by atoms with van der Waals surface area (Å²) in [6, 6.07) is 4.11. The molecule has 64 valence electrons. The summed E-state index contributed by atoms with van der Waals surface area (Å²) in [4.78, 5) is 2.24. The van der Waals surface area contributed by atoms with Crippen molar-refractivity contribution < 1.29 is 0 Å². The molecule has 1 saturated heterocycles. The van der Waals surface area contributed by atoms with Crippen LogP contribution in [0.15, 0.2) is 0 Å². The van der Waals surface area contributed by atoms with E-state index in [4.69, 9.17) is 10.5 Å². The Morgan fingerprint density at radius 1 is 1.25 bits per heavy atom. The van der Waals surface area contributed by atoms with Gasteiger partial charge in [-0.25, -0.2) is 0 Å². The molecule has 1 rings (SSSR count). The zero-order valence-corrected chi connectivity index (χ0v) is 7.32. The zero-order chi connectivity index (χ0) is 8.97. The second-order valence-electron chi connectivity index (χ2n) is 3.38. The van der Waals surface area contributed by atoms with Crippen molar-refractivity contribution in [3.8, 4) is 12.1 Å². The second kappa shape index (κ2) is 4.09. The van der Waals surface area contributed by atoms with Gasteiger partial charge in [0.25, 0.3) is 0 Å². The Bertz CT molecular complexity index is 201. The van der Waals surface area contributed by atoms with Crippen LogP contribution < -0.4 is 0 Å². The van der Waals surface area contributed by atoms with Crippen molar-refractivity contribution in [1.29, 1.82) is 10.5 Å². The van der Waals surface area contributed by atoms with E-state index in [2.05, 4.69) is 24.1 Å². The van der Waals surface area contributed by atoms with E-state index in [1.54, 1.807) is 0 Å². The van der Waals surface area contributed by atoms with Gasteiger partial charge in [-0.3, -0.25) is 0 Å². The van der Waals surface area contributed by atoms with E-state index in [9.17, 15) is 0 Å². The molecule has 0 spiro atoms. The van der Waals surface area contributed by atoms with Gasteiger partial charge >= 0.3 is 0 Å². The summed E-state index contributed by atoms with van der Waals surface area (Å²) in [5.41, 5.74) is 0. The summed E-state index contributed by atoms with van der Waals surface area (Å²) >= 11 is 0. The summed E-state index contributed by atoms with van der Waals surface area (Å²) in [6.45, 7) is 2.04. The van der Waals surface area contributed by atoms with Crippen LogP contribution in [0, 0.1) is 34.5 Å². The molecule has 0 atom stereocenters. The van der Waals surface area contributed by atoms with Crippen LogP contribution in [0.5, 0.6) is 0 Å². The van der Waals surface area contributed by atoms with Crippen molar-refractivity contribution >= 4 is 0 Å². The molecule has 1 aliphatic rings. The molecule has 0 unspecified atom stereocenters. The number of hydrogen-bond acceptors (Lipinski definition) is 3. The SMILES string of the molecule is CN1CCC(C(C#N)C#N)CC1. The van der Waals surface area contributed by atoms with E-state index in [0.717, 1.165) is 25.9 Å². The van der Waals surface area contributed by atoms with Gasteiger partial charge in [-0.15, -0.1) is 0 Å². The number of likely N-dealkylation sites (tertiary alicyclic amines) is 1. The highest BCUT2D eigenvalue weighted by Crippen LogP contribution is 2.23. The first-order valence-electron chi connectivity index (χ1n) is 4.25. The van der Waals surface area contributed by atoms with Crippen LogP contribution in [0.4, 0.5) is 0 Å². The first-order valence-corrected chi connectivity index (χ1v) is 4.25. The summed E-state index contributed by atoms with van der Waals surface area (Å²) in [5, 5.41) is 17.3. The van der Waals surface area contributed by atoms with Gasteiger partial charge < -0.3 is 4.90 Å². The number of nitrogens with zero attached hydrogens (tertiary/aromatic N) is 3. The summed E-state index contributed by atoms with van der Waals surface area (Å²) in [7, 11) is 2.07. The lowest BCUT2D eigenvalue weighted by molar-refractivity contribution is 0.206. The molecule has 0 aromatic carbocycles. The normalized spacial score (nSPS) is 20.3. The maximum absolute atomic E-state index is 8.66. The van der Waals surface area contributed by atoms with Crippen LogP contribution in [-0.2, 0) is 0 Å². The molecule has 1 fully saturated rings. The van der Waals surface area contributed by atoms with Crippen molar-refractivity contribution in [2.45, 2.75) is 12.8 Å². The molecule has 0 aromatic rings. The third kappa shape index (κ3) is 1.96. The largest absolute Gasteiger partial charge is 0.306 e. The molecule has 0 radical (unpaired) electrons. The third-order valence-electron chi connectivity index (χ3n) is 2.51. The van der Waals surface area contributed by atoms with Gasteiger partial charge in [-0.05, 0) is 38.9 Å². The van der Waals surface area contributed by atoms with Crippen molar-refractivity contribution in [3.63, 3.8) is 0 Å². The molecule has 12 heavy (non-hydrogen) atoms. The van der Waals surface area contributed by atoms with E-state index in [-0.39, 0.29) is 0 Å². The number of rotatable bonds is 1. The lowest BCUT2D eigenvalue weighted by Crippen LogP contribution is -2.32. The maximum Gasteiger partial charge on any atom is 0.136 e. The van der Waals surface area contributed by atoms with Crippen LogP contribution in [0.3, 0.4) is 0 Å². The minimum Gasteiger partial charge on any atom is -0.306 e. The molecule has 0 N–H and O–H groups in total. The predicted octanol–water partition coefficient (Wildman–Crippen LogP) is 0.992. The summed E-state index contributed by atoms with van der Waals surface area (Å²) in [5.74, 6) is -0.0881. The van der Waals surface area contributed by atoms with Crippen LogP contribution >= 0.6 is 0 Å². The standard InChI is InChI=1S/C9H13N3/c1-12-4-2-8(3-5-12)9(6-10)7-11/h8-9H,2-5H2,1H3. The molecule has 0 aliphatic carbocycles.